The van der Waals surface area contributed by atoms with E-state index < -0.39 is 20.2 Å². The Labute approximate surface area is 345 Å². The van der Waals surface area contributed by atoms with Gasteiger partial charge in [0.15, 0.2) is 5.71 Å². The topological polar surface area (TPSA) is 150 Å². The SMILES string of the molecule is CC1(C)C(CCC2=C(Oc3ccc(CCN)cc3)/C(=C/C=C3/N(CCCCS(=O)(=O)O)c4ccccc4C3(C)C)CCC2)=[N+](CCCCS(=O)(=O)O)c2ccccc21. The van der Waals surface area contributed by atoms with Gasteiger partial charge in [-0.2, -0.15) is 21.4 Å². The predicted molar refractivity (Wildman–Crippen MR) is 233 cm³/mol. The predicted octanol–water partition coefficient (Wildman–Crippen LogP) is 8.81. The first-order chi connectivity index (χ1) is 27.5. The first-order valence-corrected chi connectivity index (χ1v) is 23.8. The Morgan fingerprint density at radius 1 is 0.759 bits per heavy atom. The van der Waals surface area contributed by atoms with Crippen LogP contribution in [0.3, 0.4) is 0 Å². The Kier molecular flexibility index (Phi) is 13.5. The highest BCUT2D eigenvalue weighted by Gasteiger charge is 2.45. The molecule has 0 amide bonds. The third-order valence-electron chi connectivity index (χ3n) is 12.0. The number of unbranched alkanes of at least 4 members (excludes halogenated alkanes) is 2. The quantitative estimate of drug-likeness (QED) is 0.0650. The molecule has 0 saturated carbocycles. The Morgan fingerprint density at radius 3 is 2.10 bits per heavy atom. The molecular formula is C46H60N3O7S2+. The van der Waals surface area contributed by atoms with Gasteiger partial charge in [-0.15, -0.1) is 0 Å². The lowest BCUT2D eigenvalue weighted by Gasteiger charge is -2.28. The van der Waals surface area contributed by atoms with E-state index in [2.05, 4.69) is 97.9 Å². The Morgan fingerprint density at radius 2 is 1.41 bits per heavy atom. The molecule has 0 atom stereocenters. The standard InChI is InChI=1S/C46H59N3O7S2/c1-45(2)38-16-5-7-18-40(38)48(30-9-11-32-57(50,51)52)42(45)26-22-35-14-13-15-36(44(35)56-37-24-20-34(21-25-37)28-29-47)23-27-43-46(3,4)39-17-6-8-19-41(39)49(43)31-10-12-33-58(53,54)55/h5-8,16-22,24-26H,9-15,23,27-33,47H2,1-4H3,(H-,50,51,52,53,54,55)/p+1/b35-22+,42-26+. The van der Waals surface area contributed by atoms with Crippen molar-refractivity contribution < 1.29 is 35.3 Å². The molecule has 3 aliphatic rings. The van der Waals surface area contributed by atoms with Gasteiger partial charge < -0.3 is 15.4 Å². The summed E-state index contributed by atoms with van der Waals surface area (Å²) in [6, 6.07) is 25.0. The van der Waals surface area contributed by atoms with Crippen molar-refractivity contribution in [1.29, 1.82) is 0 Å². The zero-order valence-corrected chi connectivity index (χ0v) is 36.0. The van der Waals surface area contributed by atoms with E-state index in [-0.39, 0.29) is 22.3 Å². The van der Waals surface area contributed by atoms with Crippen LogP contribution in [-0.4, -0.2) is 67.4 Å². The second-order valence-corrected chi connectivity index (χ2v) is 20.0. The summed E-state index contributed by atoms with van der Waals surface area (Å²) in [5.41, 5.74) is 16.0. The molecule has 12 heteroatoms. The molecule has 0 unspecified atom stereocenters. The normalized spacial score (nSPS) is 19.0. The van der Waals surface area contributed by atoms with Crippen LogP contribution in [0, 0.1) is 0 Å². The van der Waals surface area contributed by atoms with Crippen molar-refractivity contribution >= 4 is 37.3 Å². The summed E-state index contributed by atoms with van der Waals surface area (Å²) in [6.07, 6.45) is 11.5. The summed E-state index contributed by atoms with van der Waals surface area (Å²) in [5, 5.41) is 0. The molecule has 0 aromatic heterocycles. The van der Waals surface area contributed by atoms with E-state index in [1.54, 1.807) is 0 Å². The molecule has 6 rings (SSSR count). The summed E-state index contributed by atoms with van der Waals surface area (Å²) in [4.78, 5) is 2.29. The van der Waals surface area contributed by atoms with E-state index in [1.165, 1.54) is 22.4 Å². The second kappa shape index (κ2) is 18.0. The Bertz CT molecular complexity index is 2320. The van der Waals surface area contributed by atoms with Gasteiger partial charge >= 0.3 is 0 Å². The third kappa shape index (κ3) is 10.2. The van der Waals surface area contributed by atoms with Crippen molar-refractivity contribution in [3.05, 3.63) is 124 Å². The highest BCUT2D eigenvalue weighted by Crippen LogP contribution is 2.48. The highest BCUT2D eigenvalue weighted by molar-refractivity contribution is 7.86. The van der Waals surface area contributed by atoms with Gasteiger partial charge in [-0.05, 0) is 118 Å². The Balaban J connectivity index is 1.36. The van der Waals surface area contributed by atoms with Crippen LogP contribution in [0.15, 0.2) is 108 Å². The van der Waals surface area contributed by atoms with Crippen LogP contribution in [0.2, 0.25) is 0 Å². The average Bonchev–Trinajstić information content (AvgIpc) is 3.52. The summed E-state index contributed by atoms with van der Waals surface area (Å²) >= 11 is 0. The number of benzene rings is 3. The van der Waals surface area contributed by atoms with Gasteiger partial charge in [-0.1, -0.05) is 68.5 Å². The monoisotopic (exact) mass is 830 g/mol. The lowest BCUT2D eigenvalue weighted by Crippen LogP contribution is -2.30. The zero-order chi connectivity index (χ0) is 41.7. The number of allylic oxidation sites excluding steroid dienone is 5. The minimum Gasteiger partial charge on any atom is -0.457 e. The molecule has 3 aromatic carbocycles. The molecule has 3 aromatic rings. The fourth-order valence-corrected chi connectivity index (χ4v) is 10.1. The van der Waals surface area contributed by atoms with E-state index in [0.29, 0.717) is 45.3 Å². The van der Waals surface area contributed by atoms with Crippen molar-refractivity contribution in [3.63, 3.8) is 0 Å². The lowest BCUT2D eigenvalue weighted by atomic mass is 9.79. The van der Waals surface area contributed by atoms with Crippen LogP contribution in [0.25, 0.3) is 0 Å². The molecule has 0 spiro atoms. The van der Waals surface area contributed by atoms with Crippen LogP contribution in [0.5, 0.6) is 5.75 Å². The fourth-order valence-electron chi connectivity index (χ4n) is 9.01. The van der Waals surface area contributed by atoms with Crippen molar-refractivity contribution in [1.82, 2.24) is 0 Å². The molecule has 1 aliphatic carbocycles. The first kappa shape index (κ1) is 43.5. The van der Waals surface area contributed by atoms with Crippen molar-refractivity contribution in [2.45, 2.75) is 103 Å². The maximum Gasteiger partial charge on any atom is 0.264 e. The summed E-state index contributed by atoms with van der Waals surface area (Å²) < 4.78 is 73.9. The molecule has 0 fully saturated rings. The van der Waals surface area contributed by atoms with Gasteiger partial charge in [0, 0.05) is 47.8 Å². The van der Waals surface area contributed by atoms with E-state index in [9.17, 15) is 25.9 Å². The average molecular weight is 831 g/mol. The maximum absolute atomic E-state index is 11.5. The van der Waals surface area contributed by atoms with E-state index in [0.717, 1.165) is 78.2 Å². The van der Waals surface area contributed by atoms with E-state index in [1.807, 2.05) is 24.3 Å². The zero-order valence-electron chi connectivity index (χ0n) is 34.4. The van der Waals surface area contributed by atoms with Gasteiger partial charge in [0.1, 0.15) is 18.1 Å². The summed E-state index contributed by atoms with van der Waals surface area (Å²) in [6.45, 7) is 10.8. The second-order valence-electron chi connectivity index (χ2n) is 16.8. The fraction of sp³-hybridized carbons (Fsp3) is 0.457. The summed E-state index contributed by atoms with van der Waals surface area (Å²) in [7, 11) is -8.05. The number of anilines is 1. The minimum absolute atomic E-state index is 0.230. The van der Waals surface area contributed by atoms with Gasteiger partial charge in [-0.25, -0.2) is 0 Å². The van der Waals surface area contributed by atoms with Gasteiger partial charge in [-0.3, -0.25) is 9.11 Å². The first-order valence-electron chi connectivity index (χ1n) is 20.6. The molecule has 4 N–H and O–H groups in total. The minimum atomic E-state index is -4.03. The number of para-hydroxylation sites is 2. The molecule has 2 aliphatic heterocycles. The van der Waals surface area contributed by atoms with Crippen LogP contribution < -0.4 is 15.4 Å². The molecule has 2 heterocycles. The smallest absolute Gasteiger partial charge is 0.264 e. The Hall–Kier alpha value is -4.07. The van der Waals surface area contributed by atoms with E-state index in [4.69, 9.17) is 10.5 Å². The number of fused-ring (bicyclic) bond motifs is 2. The number of nitrogens with zero attached hydrogens (tertiary/aromatic N) is 2. The number of ether oxygens (including phenoxy) is 1. The molecular weight excluding hydrogens is 771 g/mol. The highest BCUT2D eigenvalue weighted by atomic mass is 32.2. The number of hydrogen-bond acceptors (Lipinski definition) is 7. The molecule has 58 heavy (non-hydrogen) atoms. The van der Waals surface area contributed by atoms with Crippen molar-refractivity contribution in [3.8, 4) is 5.75 Å². The maximum atomic E-state index is 11.5. The van der Waals surface area contributed by atoms with Gasteiger partial charge in [0.25, 0.3) is 20.2 Å². The van der Waals surface area contributed by atoms with Crippen LogP contribution in [0.4, 0.5) is 11.4 Å². The largest absolute Gasteiger partial charge is 0.457 e. The third-order valence-corrected chi connectivity index (χ3v) is 13.6. The van der Waals surface area contributed by atoms with E-state index >= 15 is 0 Å². The molecule has 10 nitrogen and oxygen atoms in total. The molecule has 0 radical (unpaired) electrons. The molecule has 312 valence electrons. The van der Waals surface area contributed by atoms with Crippen molar-refractivity contribution in [2.75, 3.05) is 36.0 Å². The molecule has 0 bridgehead atoms. The number of rotatable bonds is 18. The van der Waals surface area contributed by atoms with Crippen LogP contribution in [0.1, 0.15) is 102 Å². The number of hydrogen-bond donors (Lipinski definition) is 3. The molecule has 0 saturated heterocycles. The van der Waals surface area contributed by atoms with Gasteiger partial charge in [0.05, 0.1) is 16.9 Å². The van der Waals surface area contributed by atoms with Crippen molar-refractivity contribution in [2.24, 2.45) is 5.73 Å². The number of nitrogens with two attached hydrogens (primary N) is 1. The van der Waals surface area contributed by atoms with Crippen LogP contribution >= 0.6 is 0 Å². The van der Waals surface area contributed by atoms with Gasteiger partial charge in [0.2, 0.25) is 5.69 Å². The lowest BCUT2D eigenvalue weighted by molar-refractivity contribution is -0.440. The summed E-state index contributed by atoms with van der Waals surface area (Å²) in [5.74, 6) is 1.16. The van der Waals surface area contributed by atoms with Crippen LogP contribution in [-0.2, 0) is 37.5 Å².